The summed E-state index contributed by atoms with van der Waals surface area (Å²) >= 11 is 1.50. The largest absolute Gasteiger partial charge is 0.337 e. The molecule has 2 aliphatic rings. The van der Waals surface area contributed by atoms with E-state index in [1.165, 1.54) is 11.3 Å². The predicted molar refractivity (Wildman–Crippen MR) is 99.6 cm³/mol. The van der Waals surface area contributed by atoms with E-state index in [-0.39, 0.29) is 24.4 Å². The lowest BCUT2D eigenvalue weighted by Crippen LogP contribution is -2.33. The SMILES string of the molecule is Cc1nc(-c2ccccc2)c(C(=O)N2CC3CCC(N)C3C2)s1.Cl. The Bertz CT molecular complexity index is 733. The predicted octanol–water partition coefficient (Wildman–Crippen LogP) is 3.35. The van der Waals surface area contributed by atoms with Crippen molar-refractivity contribution >= 4 is 29.7 Å². The topological polar surface area (TPSA) is 59.2 Å². The first-order valence-corrected chi connectivity index (χ1v) is 9.03. The number of thiazole rings is 1. The summed E-state index contributed by atoms with van der Waals surface area (Å²) in [7, 11) is 0. The lowest BCUT2D eigenvalue weighted by molar-refractivity contribution is 0.0785. The first-order chi connectivity index (χ1) is 11.1. The number of hydrogen-bond acceptors (Lipinski definition) is 4. The first kappa shape index (κ1) is 17.4. The second-order valence-electron chi connectivity index (χ2n) is 6.65. The van der Waals surface area contributed by atoms with Crippen LogP contribution in [0.25, 0.3) is 11.3 Å². The van der Waals surface area contributed by atoms with E-state index in [1.54, 1.807) is 0 Å². The number of carbonyl (C=O) groups is 1. The van der Waals surface area contributed by atoms with E-state index in [4.69, 9.17) is 5.73 Å². The maximum absolute atomic E-state index is 13.0. The number of likely N-dealkylation sites (tertiary alicyclic amines) is 1. The number of nitrogens with two attached hydrogens (primary N) is 1. The molecule has 2 heterocycles. The monoisotopic (exact) mass is 363 g/mol. The highest BCUT2D eigenvalue weighted by Crippen LogP contribution is 2.39. The second-order valence-corrected chi connectivity index (χ2v) is 7.86. The normalized spacial score (nSPS) is 25.4. The van der Waals surface area contributed by atoms with E-state index in [2.05, 4.69) is 4.98 Å². The van der Waals surface area contributed by atoms with Gasteiger partial charge < -0.3 is 10.6 Å². The van der Waals surface area contributed by atoms with Gasteiger partial charge in [-0.2, -0.15) is 0 Å². The molecule has 1 saturated carbocycles. The van der Waals surface area contributed by atoms with Gasteiger partial charge in [0.25, 0.3) is 5.91 Å². The average molecular weight is 364 g/mol. The summed E-state index contributed by atoms with van der Waals surface area (Å²) in [4.78, 5) is 20.4. The van der Waals surface area contributed by atoms with Crippen LogP contribution in [0.2, 0.25) is 0 Å². The Morgan fingerprint density at radius 2 is 2.00 bits per heavy atom. The van der Waals surface area contributed by atoms with Gasteiger partial charge in [-0.1, -0.05) is 30.3 Å². The maximum Gasteiger partial charge on any atom is 0.266 e. The highest BCUT2D eigenvalue weighted by molar-refractivity contribution is 7.14. The van der Waals surface area contributed by atoms with Gasteiger partial charge in [0.15, 0.2) is 0 Å². The number of carbonyl (C=O) groups excluding carboxylic acids is 1. The van der Waals surface area contributed by atoms with E-state index in [0.717, 1.165) is 47.1 Å². The van der Waals surface area contributed by atoms with Crippen molar-refractivity contribution in [2.45, 2.75) is 25.8 Å². The van der Waals surface area contributed by atoms with E-state index in [0.29, 0.717) is 11.8 Å². The fourth-order valence-corrected chi connectivity index (χ4v) is 4.89. The van der Waals surface area contributed by atoms with Crippen molar-refractivity contribution in [1.82, 2.24) is 9.88 Å². The Kier molecular flexibility index (Phi) is 4.95. The molecule has 1 aromatic carbocycles. The van der Waals surface area contributed by atoms with Crippen LogP contribution in [0.1, 0.15) is 27.5 Å². The minimum absolute atomic E-state index is 0. The highest BCUT2D eigenvalue weighted by atomic mass is 35.5. The van der Waals surface area contributed by atoms with Crippen LogP contribution in [-0.2, 0) is 0 Å². The molecule has 2 fully saturated rings. The number of hydrogen-bond donors (Lipinski definition) is 1. The summed E-state index contributed by atoms with van der Waals surface area (Å²) in [5, 5.41) is 0.934. The van der Waals surface area contributed by atoms with Gasteiger partial charge in [0, 0.05) is 24.7 Å². The molecule has 0 spiro atoms. The average Bonchev–Trinajstić information content (AvgIpc) is 3.24. The Balaban J connectivity index is 0.00000169. The van der Waals surface area contributed by atoms with Crippen molar-refractivity contribution in [2.75, 3.05) is 13.1 Å². The molecule has 1 saturated heterocycles. The van der Waals surface area contributed by atoms with Crippen LogP contribution in [0.15, 0.2) is 30.3 Å². The van der Waals surface area contributed by atoms with E-state index >= 15 is 0 Å². The standard InChI is InChI=1S/C18H21N3OS.ClH/c1-11-20-16(12-5-3-2-4-6-12)17(23-11)18(22)21-9-13-7-8-15(19)14(13)10-21;/h2-6,13-15H,7-10,19H2,1H3;1H. The number of aryl methyl sites for hydroxylation is 1. The third-order valence-corrected chi connectivity index (χ3v) is 6.13. The van der Waals surface area contributed by atoms with Crippen molar-refractivity contribution in [2.24, 2.45) is 17.6 Å². The summed E-state index contributed by atoms with van der Waals surface area (Å²) in [5.41, 5.74) is 8.03. The zero-order valence-corrected chi connectivity index (χ0v) is 15.3. The molecule has 2 N–H and O–H groups in total. The molecule has 1 aliphatic carbocycles. The molecule has 128 valence electrons. The molecule has 0 radical (unpaired) electrons. The lowest BCUT2D eigenvalue weighted by atomic mass is 9.98. The molecule has 3 atom stereocenters. The van der Waals surface area contributed by atoms with Crippen molar-refractivity contribution in [1.29, 1.82) is 0 Å². The van der Waals surface area contributed by atoms with Gasteiger partial charge in [0.1, 0.15) is 4.88 Å². The van der Waals surface area contributed by atoms with Gasteiger partial charge >= 0.3 is 0 Å². The smallest absolute Gasteiger partial charge is 0.266 e. The molecule has 24 heavy (non-hydrogen) atoms. The van der Waals surface area contributed by atoms with Gasteiger partial charge in [-0.25, -0.2) is 4.98 Å². The van der Waals surface area contributed by atoms with Gasteiger partial charge in [-0.3, -0.25) is 4.79 Å². The summed E-state index contributed by atoms with van der Waals surface area (Å²) in [5.74, 6) is 1.19. The molecule has 2 aromatic rings. The number of fused-ring (bicyclic) bond motifs is 1. The minimum Gasteiger partial charge on any atom is -0.337 e. The highest BCUT2D eigenvalue weighted by Gasteiger charge is 2.43. The van der Waals surface area contributed by atoms with Gasteiger partial charge in [0.2, 0.25) is 0 Å². The molecule has 1 aliphatic heterocycles. The van der Waals surface area contributed by atoms with Crippen LogP contribution in [0, 0.1) is 18.8 Å². The second kappa shape index (κ2) is 6.82. The Hall–Kier alpha value is -1.43. The van der Waals surface area contributed by atoms with Crippen LogP contribution < -0.4 is 5.73 Å². The van der Waals surface area contributed by atoms with Crippen LogP contribution in [0.4, 0.5) is 0 Å². The van der Waals surface area contributed by atoms with Gasteiger partial charge in [0.05, 0.1) is 10.7 Å². The van der Waals surface area contributed by atoms with E-state index in [1.807, 2.05) is 42.2 Å². The maximum atomic E-state index is 13.0. The molecular weight excluding hydrogens is 342 g/mol. The van der Waals surface area contributed by atoms with E-state index < -0.39 is 0 Å². The molecular formula is C18H22ClN3OS. The van der Waals surface area contributed by atoms with Gasteiger partial charge in [-0.05, 0) is 31.6 Å². The number of aromatic nitrogens is 1. The third kappa shape index (κ3) is 2.96. The molecule has 1 amide bonds. The van der Waals surface area contributed by atoms with Crippen molar-refractivity contribution in [3.8, 4) is 11.3 Å². The molecule has 4 rings (SSSR count). The first-order valence-electron chi connectivity index (χ1n) is 8.21. The van der Waals surface area contributed by atoms with E-state index in [9.17, 15) is 4.79 Å². The molecule has 4 nitrogen and oxygen atoms in total. The molecule has 3 unspecified atom stereocenters. The Morgan fingerprint density at radius 3 is 2.71 bits per heavy atom. The van der Waals surface area contributed by atoms with Crippen LogP contribution in [-0.4, -0.2) is 34.9 Å². The number of nitrogens with zero attached hydrogens (tertiary/aromatic N) is 2. The molecule has 0 bridgehead atoms. The summed E-state index contributed by atoms with van der Waals surface area (Å²) in [6.45, 7) is 3.61. The zero-order chi connectivity index (χ0) is 16.0. The number of amides is 1. The van der Waals surface area contributed by atoms with Gasteiger partial charge in [-0.15, -0.1) is 23.7 Å². The lowest BCUT2D eigenvalue weighted by Gasteiger charge is -2.18. The fraction of sp³-hybridized carbons (Fsp3) is 0.444. The summed E-state index contributed by atoms with van der Waals surface area (Å²) in [6.07, 6.45) is 2.26. The Labute approximate surface area is 152 Å². The fourth-order valence-electron chi connectivity index (χ4n) is 3.98. The summed E-state index contributed by atoms with van der Waals surface area (Å²) in [6, 6.07) is 10.2. The van der Waals surface area contributed by atoms with Crippen LogP contribution >= 0.6 is 23.7 Å². The molecule has 1 aromatic heterocycles. The minimum atomic E-state index is 0. The third-order valence-electron chi connectivity index (χ3n) is 5.18. The van der Waals surface area contributed by atoms with Crippen LogP contribution in [0.3, 0.4) is 0 Å². The zero-order valence-electron chi connectivity index (χ0n) is 13.6. The number of halogens is 1. The number of benzene rings is 1. The Morgan fingerprint density at radius 1 is 1.25 bits per heavy atom. The summed E-state index contributed by atoms with van der Waals surface area (Å²) < 4.78 is 0. The number of rotatable bonds is 2. The molecule has 6 heteroatoms. The van der Waals surface area contributed by atoms with Crippen molar-refractivity contribution in [3.63, 3.8) is 0 Å². The van der Waals surface area contributed by atoms with Crippen molar-refractivity contribution in [3.05, 3.63) is 40.2 Å². The quantitative estimate of drug-likeness (QED) is 0.890. The van der Waals surface area contributed by atoms with Crippen molar-refractivity contribution < 1.29 is 4.79 Å². The van der Waals surface area contributed by atoms with Crippen LogP contribution in [0.5, 0.6) is 0 Å².